The van der Waals surface area contributed by atoms with Gasteiger partial charge in [-0.05, 0) is 12.0 Å². The lowest BCUT2D eigenvalue weighted by molar-refractivity contribution is 0.0947. The summed E-state index contributed by atoms with van der Waals surface area (Å²) in [4.78, 5) is 10.6. The number of carbonyl (C=O) groups is 1. The molecule has 0 aromatic heterocycles. The lowest BCUT2D eigenvalue weighted by Crippen LogP contribution is -2.32. The van der Waals surface area contributed by atoms with Crippen molar-refractivity contribution >= 4 is 17.0 Å². The fourth-order valence-corrected chi connectivity index (χ4v) is 1.75. The summed E-state index contributed by atoms with van der Waals surface area (Å²) in [6, 6.07) is 7.86. The van der Waals surface area contributed by atoms with Crippen molar-refractivity contribution in [3.63, 3.8) is 0 Å². The van der Waals surface area contributed by atoms with Crippen LogP contribution in [0.15, 0.2) is 24.3 Å². The highest BCUT2D eigenvalue weighted by molar-refractivity contribution is 6.61. The molecular formula is C10H10ClNO2. The minimum atomic E-state index is -0.779. The van der Waals surface area contributed by atoms with E-state index in [0.29, 0.717) is 0 Å². The fourth-order valence-electron chi connectivity index (χ4n) is 1.66. The molecule has 1 heterocycles. The lowest BCUT2D eigenvalue weighted by atomic mass is 10.00. The summed E-state index contributed by atoms with van der Waals surface area (Å²) in [6.07, 6.45) is 0.553. The summed E-state index contributed by atoms with van der Waals surface area (Å²) in [5.41, 5.74) is 1.42. The Morgan fingerprint density at radius 2 is 2.29 bits per heavy atom. The molecule has 14 heavy (non-hydrogen) atoms. The Morgan fingerprint density at radius 1 is 1.50 bits per heavy atom. The Labute approximate surface area is 87.0 Å². The van der Waals surface area contributed by atoms with Crippen LogP contribution in [0.1, 0.15) is 17.4 Å². The molecule has 0 amide bonds. The molecular weight excluding hydrogens is 202 g/mol. The van der Waals surface area contributed by atoms with Crippen LogP contribution in [0.25, 0.3) is 0 Å². The lowest BCUT2D eigenvalue weighted by Gasteiger charge is -2.25. The maximum Gasteiger partial charge on any atom is 0.405 e. The zero-order chi connectivity index (χ0) is 9.97. The molecule has 2 rings (SSSR count). The molecule has 0 saturated carbocycles. The third-order valence-corrected chi connectivity index (χ3v) is 2.36. The Bertz CT molecular complexity index is 354. The van der Waals surface area contributed by atoms with Gasteiger partial charge in [-0.15, -0.1) is 0 Å². The third-order valence-electron chi connectivity index (χ3n) is 2.27. The van der Waals surface area contributed by atoms with Gasteiger partial charge in [0.2, 0.25) is 0 Å². The van der Waals surface area contributed by atoms with Crippen molar-refractivity contribution in [2.24, 2.45) is 0 Å². The smallest absolute Gasteiger partial charge is 0.405 e. The summed E-state index contributed by atoms with van der Waals surface area (Å²) >= 11 is 5.18. The summed E-state index contributed by atoms with van der Waals surface area (Å²) in [7, 11) is 0. The van der Waals surface area contributed by atoms with E-state index < -0.39 is 11.7 Å². The zero-order valence-electron chi connectivity index (χ0n) is 7.50. The number of nitrogens with one attached hydrogen (secondary N) is 1. The van der Waals surface area contributed by atoms with Crippen molar-refractivity contribution in [2.75, 3.05) is 6.54 Å². The van der Waals surface area contributed by atoms with E-state index in [0.717, 1.165) is 18.5 Å². The van der Waals surface area contributed by atoms with Gasteiger partial charge in [0, 0.05) is 23.7 Å². The van der Waals surface area contributed by atoms with Crippen LogP contribution in [0.4, 0.5) is 4.79 Å². The maximum absolute atomic E-state index is 10.6. The molecule has 0 fully saturated rings. The Kier molecular flexibility index (Phi) is 2.70. The van der Waals surface area contributed by atoms with E-state index in [2.05, 4.69) is 5.32 Å². The van der Waals surface area contributed by atoms with Crippen molar-refractivity contribution in [3.8, 4) is 0 Å². The third kappa shape index (κ3) is 1.89. The Morgan fingerprint density at radius 3 is 3.07 bits per heavy atom. The van der Waals surface area contributed by atoms with Gasteiger partial charge in [0.15, 0.2) is 6.23 Å². The molecule has 74 valence electrons. The van der Waals surface area contributed by atoms with Gasteiger partial charge in [-0.2, -0.15) is 0 Å². The van der Waals surface area contributed by atoms with Gasteiger partial charge in [-0.3, -0.25) is 5.32 Å². The van der Waals surface area contributed by atoms with E-state index in [9.17, 15) is 4.79 Å². The molecule has 1 atom stereocenters. The Balaban J connectivity index is 2.26. The van der Waals surface area contributed by atoms with Crippen LogP contribution in [0.5, 0.6) is 0 Å². The first-order valence-electron chi connectivity index (χ1n) is 4.44. The summed E-state index contributed by atoms with van der Waals surface area (Å²) < 4.78 is 4.93. The van der Waals surface area contributed by atoms with Crippen LogP contribution in [-0.4, -0.2) is 12.0 Å². The normalized spacial score (nSPS) is 19.9. The molecule has 0 radical (unpaired) electrons. The van der Waals surface area contributed by atoms with Crippen molar-refractivity contribution in [2.45, 2.75) is 12.6 Å². The van der Waals surface area contributed by atoms with Crippen molar-refractivity contribution in [1.82, 2.24) is 5.32 Å². The molecule has 1 unspecified atom stereocenters. The fraction of sp³-hybridized carbons (Fsp3) is 0.300. The summed E-state index contributed by atoms with van der Waals surface area (Å²) in [5, 5.41) is 3.08. The molecule has 0 aliphatic carbocycles. The maximum atomic E-state index is 10.6. The zero-order valence-corrected chi connectivity index (χ0v) is 8.25. The van der Waals surface area contributed by atoms with E-state index in [-0.39, 0.29) is 0 Å². The average molecular weight is 212 g/mol. The molecule has 3 nitrogen and oxygen atoms in total. The molecule has 1 aromatic carbocycles. The molecule has 0 spiro atoms. The number of ether oxygens (including phenoxy) is 1. The van der Waals surface area contributed by atoms with Crippen LogP contribution in [-0.2, 0) is 11.2 Å². The van der Waals surface area contributed by atoms with Crippen LogP contribution in [0.2, 0.25) is 0 Å². The summed E-state index contributed by atoms with van der Waals surface area (Å²) in [6.45, 7) is 0.797. The van der Waals surface area contributed by atoms with E-state index in [1.54, 1.807) is 0 Å². The first-order chi connectivity index (χ1) is 6.77. The van der Waals surface area contributed by atoms with Gasteiger partial charge in [-0.1, -0.05) is 24.3 Å². The molecule has 1 N–H and O–H groups in total. The monoisotopic (exact) mass is 211 g/mol. The van der Waals surface area contributed by atoms with E-state index in [1.165, 1.54) is 5.56 Å². The highest BCUT2D eigenvalue weighted by Crippen LogP contribution is 2.23. The van der Waals surface area contributed by atoms with Crippen molar-refractivity contribution < 1.29 is 9.53 Å². The second-order valence-corrected chi connectivity index (χ2v) is 3.45. The number of rotatable bonds is 1. The SMILES string of the molecule is O=C(Cl)OC1NCCc2ccccc21. The predicted octanol–water partition coefficient (Wildman–Crippen LogP) is 2.21. The first kappa shape index (κ1) is 9.49. The predicted molar refractivity (Wildman–Crippen MR) is 53.2 cm³/mol. The van der Waals surface area contributed by atoms with Crippen molar-refractivity contribution in [1.29, 1.82) is 0 Å². The minimum Gasteiger partial charge on any atom is -0.430 e. The molecule has 0 bridgehead atoms. The average Bonchev–Trinajstić information content (AvgIpc) is 2.18. The molecule has 4 heteroatoms. The van der Waals surface area contributed by atoms with Gasteiger partial charge >= 0.3 is 5.43 Å². The van der Waals surface area contributed by atoms with Gasteiger partial charge in [0.05, 0.1) is 0 Å². The number of hydrogen-bond acceptors (Lipinski definition) is 3. The van der Waals surface area contributed by atoms with Gasteiger partial charge < -0.3 is 4.74 Å². The summed E-state index contributed by atoms with van der Waals surface area (Å²) in [5.74, 6) is 0. The standard InChI is InChI=1S/C10H10ClNO2/c11-10(13)14-9-8-4-2-1-3-7(8)5-6-12-9/h1-4,9,12H,5-6H2. The van der Waals surface area contributed by atoms with E-state index in [1.807, 2.05) is 24.3 Å². The number of carbonyl (C=O) groups excluding carboxylic acids is 1. The topological polar surface area (TPSA) is 38.3 Å². The second-order valence-electron chi connectivity index (χ2n) is 3.14. The Hall–Kier alpha value is -1.06. The largest absolute Gasteiger partial charge is 0.430 e. The molecule has 1 aliphatic rings. The van der Waals surface area contributed by atoms with E-state index >= 15 is 0 Å². The number of benzene rings is 1. The quantitative estimate of drug-likeness (QED) is 0.724. The molecule has 1 aliphatic heterocycles. The molecule has 0 saturated heterocycles. The van der Waals surface area contributed by atoms with Crippen LogP contribution < -0.4 is 5.32 Å². The van der Waals surface area contributed by atoms with Crippen molar-refractivity contribution in [3.05, 3.63) is 35.4 Å². The number of halogens is 1. The van der Waals surface area contributed by atoms with Crippen LogP contribution in [0.3, 0.4) is 0 Å². The van der Waals surface area contributed by atoms with E-state index in [4.69, 9.17) is 16.3 Å². The van der Waals surface area contributed by atoms with Crippen LogP contribution in [0, 0.1) is 0 Å². The molecule has 1 aromatic rings. The van der Waals surface area contributed by atoms with Crippen LogP contribution >= 0.6 is 11.6 Å². The number of hydrogen-bond donors (Lipinski definition) is 1. The van der Waals surface area contributed by atoms with Gasteiger partial charge in [-0.25, -0.2) is 4.79 Å². The highest BCUT2D eigenvalue weighted by atomic mass is 35.5. The number of fused-ring (bicyclic) bond motifs is 1. The highest BCUT2D eigenvalue weighted by Gasteiger charge is 2.21. The minimum absolute atomic E-state index is 0.398. The second kappa shape index (κ2) is 3.98. The van der Waals surface area contributed by atoms with Gasteiger partial charge in [0.1, 0.15) is 0 Å². The van der Waals surface area contributed by atoms with Gasteiger partial charge in [0.25, 0.3) is 0 Å². The first-order valence-corrected chi connectivity index (χ1v) is 4.82.